The predicted molar refractivity (Wildman–Crippen MR) is 74.2 cm³/mol. The van der Waals surface area contributed by atoms with Gasteiger partial charge in [0.05, 0.1) is 6.04 Å². The molecule has 0 aliphatic carbocycles. The van der Waals surface area contributed by atoms with Crippen LogP contribution >= 0.6 is 0 Å². The minimum atomic E-state index is -0.652. The molecule has 1 amide bonds. The molecule has 0 fully saturated rings. The van der Waals surface area contributed by atoms with E-state index in [0.717, 1.165) is 11.1 Å². The zero-order chi connectivity index (χ0) is 13.7. The Morgan fingerprint density at radius 3 is 2.47 bits per heavy atom. The fourth-order valence-corrected chi connectivity index (χ4v) is 1.83. The van der Waals surface area contributed by atoms with E-state index in [2.05, 4.69) is 10.3 Å². The van der Waals surface area contributed by atoms with Crippen LogP contribution in [0.15, 0.2) is 54.9 Å². The van der Waals surface area contributed by atoms with Crippen LogP contribution in [0.5, 0.6) is 0 Å². The summed E-state index contributed by atoms with van der Waals surface area (Å²) >= 11 is 0. The van der Waals surface area contributed by atoms with Gasteiger partial charge in [0.1, 0.15) is 6.04 Å². The average molecular weight is 255 g/mol. The molecule has 0 saturated heterocycles. The molecule has 4 heteroatoms. The molecule has 2 atom stereocenters. The molecule has 0 radical (unpaired) electrons. The number of nitrogens with one attached hydrogen (secondary N) is 1. The number of carbonyl (C=O) groups excluding carboxylic acids is 1. The standard InChI is InChI=1S/C15H17N3O/c1-11(13-8-5-9-17-10-13)18-15(19)14(16)12-6-3-2-4-7-12/h2-11,14H,16H2,1H3,(H,18,19)/t11-,14+/m1/s1. The van der Waals surface area contributed by atoms with Crippen LogP contribution in [0.4, 0.5) is 0 Å². The first kappa shape index (κ1) is 13.2. The number of carbonyl (C=O) groups is 1. The number of rotatable bonds is 4. The summed E-state index contributed by atoms with van der Waals surface area (Å²) in [4.78, 5) is 16.1. The van der Waals surface area contributed by atoms with Crippen LogP contribution in [0.1, 0.15) is 30.1 Å². The first-order chi connectivity index (χ1) is 9.18. The maximum Gasteiger partial charge on any atom is 0.241 e. The minimum absolute atomic E-state index is 0.115. The summed E-state index contributed by atoms with van der Waals surface area (Å²) in [7, 11) is 0. The van der Waals surface area contributed by atoms with E-state index in [1.54, 1.807) is 12.4 Å². The Kier molecular flexibility index (Phi) is 4.26. The number of hydrogen-bond donors (Lipinski definition) is 2. The number of aromatic nitrogens is 1. The first-order valence-corrected chi connectivity index (χ1v) is 6.19. The van der Waals surface area contributed by atoms with E-state index in [4.69, 9.17) is 5.73 Å². The second-order valence-corrected chi connectivity index (χ2v) is 4.40. The van der Waals surface area contributed by atoms with E-state index in [-0.39, 0.29) is 11.9 Å². The fourth-order valence-electron chi connectivity index (χ4n) is 1.83. The summed E-state index contributed by atoms with van der Waals surface area (Å²) in [5.74, 6) is -0.192. The molecule has 0 bridgehead atoms. The van der Waals surface area contributed by atoms with Crippen LogP contribution in [0.3, 0.4) is 0 Å². The van der Waals surface area contributed by atoms with Crippen molar-refractivity contribution in [1.29, 1.82) is 0 Å². The molecule has 3 N–H and O–H groups in total. The Balaban J connectivity index is 2.02. The zero-order valence-electron chi connectivity index (χ0n) is 10.8. The Bertz CT molecular complexity index is 528. The van der Waals surface area contributed by atoms with Crippen molar-refractivity contribution in [3.8, 4) is 0 Å². The van der Waals surface area contributed by atoms with Crippen LogP contribution in [0, 0.1) is 0 Å². The van der Waals surface area contributed by atoms with Crippen molar-refractivity contribution in [2.45, 2.75) is 19.0 Å². The summed E-state index contributed by atoms with van der Waals surface area (Å²) in [6, 6.07) is 12.3. The second-order valence-electron chi connectivity index (χ2n) is 4.40. The van der Waals surface area contributed by atoms with Crippen molar-refractivity contribution in [2.75, 3.05) is 0 Å². The number of benzene rings is 1. The zero-order valence-corrected chi connectivity index (χ0v) is 10.8. The van der Waals surface area contributed by atoms with Gasteiger partial charge < -0.3 is 11.1 Å². The molecular weight excluding hydrogens is 238 g/mol. The van der Waals surface area contributed by atoms with Crippen molar-refractivity contribution in [3.05, 3.63) is 66.0 Å². The van der Waals surface area contributed by atoms with Gasteiger partial charge in [0, 0.05) is 12.4 Å². The number of nitrogens with two attached hydrogens (primary N) is 1. The van der Waals surface area contributed by atoms with Crippen molar-refractivity contribution in [3.63, 3.8) is 0 Å². The van der Waals surface area contributed by atoms with Gasteiger partial charge in [-0.25, -0.2) is 0 Å². The molecule has 1 heterocycles. The lowest BCUT2D eigenvalue weighted by molar-refractivity contribution is -0.123. The molecular formula is C15H17N3O. The molecule has 4 nitrogen and oxygen atoms in total. The summed E-state index contributed by atoms with van der Waals surface area (Å²) < 4.78 is 0. The normalized spacial score (nSPS) is 13.6. The quantitative estimate of drug-likeness (QED) is 0.877. The van der Waals surface area contributed by atoms with Crippen molar-refractivity contribution in [1.82, 2.24) is 10.3 Å². The maximum atomic E-state index is 12.1. The van der Waals surface area contributed by atoms with Gasteiger partial charge in [0.15, 0.2) is 0 Å². The molecule has 0 unspecified atom stereocenters. The van der Waals surface area contributed by atoms with E-state index in [1.165, 1.54) is 0 Å². The SMILES string of the molecule is C[C@@H](NC(=O)[C@@H](N)c1ccccc1)c1cccnc1. The van der Waals surface area contributed by atoms with Crippen LogP contribution in [0.25, 0.3) is 0 Å². The fraction of sp³-hybridized carbons (Fsp3) is 0.200. The van der Waals surface area contributed by atoms with E-state index in [0.29, 0.717) is 0 Å². The van der Waals surface area contributed by atoms with E-state index in [1.807, 2.05) is 49.4 Å². The van der Waals surface area contributed by atoms with E-state index in [9.17, 15) is 4.79 Å². The summed E-state index contributed by atoms with van der Waals surface area (Å²) in [6.07, 6.45) is 3.44. The molecule has 19 heavy (non-hydrogen) atoms. The van der Waals surface area contributed by atoms with Crippen molar-refractivity contribution in [2.24, 2.45) is 5.73 Å². The van der Waals surface area contributed by atoms with Crippen molar-refractivity contribution >= 4 is 5.91 Å². The second kappa shape index (κ2) is 6.11. The monoisotopic (exact) mass is 255 g/mol. The lowest BCUT2D eigenvalue weighted by atomic mass is 10.1. The largest absolute Gasteiger partial charge is 0.348 e. The third-order valence-electron chi connectivity index (χ3n) is 2.98. The molecule has 98 valence electrons. The van der Waals surface area contributed by atoms with Gasteiger partial charge in [-0.1, -0.05) is 36.4 Å². The lowest BCUT2D eigenvalue weighted by Gasteiger charge is -2.17. The van der Waals surface area contributed by atoms with Crippen LogP contribution < -0.4 is 11.1 Å². The molecule has 0 aliphatic rings. The lowest BCUT2D eigenvalue weighted by Crippen LogP contribution is -2.35. The van der Waals surface area contributed by atoms with Crippen LogP contribution in [-0.4, -0.2) is 10.9 Å². The maximum absolute atomic E-state index is 12.1. The highest BCUT2D eigenvalue weighted by molar-refractivity contribution is 5.83. The third kappa shape index (κ3) is 3.39. The molecule has 2 rings (SSSR count). The van der Waals surface area contributed by atoms with Gasteiger partial charge >= 0.3 is 0 Å². The Morgan fingerprint density at radius 1 is 1.16 bits per heavy atom. The number of nitrogens with zero attached hydrogens (tertiary/aromatic N) is 1. The summed E-state index contributed by atoms with van der Waals surface area (Å²) in [5, 5.41) is 2.89. The molecule has 0 saturated carbocycles. The molecule has 2 aromatic rings. The average Bonchev–Trinajstić information content (AvgIpc) is 2.48. The molecule has 1 aromatic heterocycles. The number of hydrogen-bond acceptors (Lipinski definition) is 3. The predicted octanol–water partition coefficient (Wildman–Crippen LogP) is 1.96. The third-order valence-corrected chi connectivity index (χ3v) is 2.98. The Morgan fingerprint density at radius 2 is 1.84 bits per heavy atom. The number of amides is 1. The molecule has 0 aliphatic heterocycles. The summed E-state index contributed by atoms with van der Waals surface area (Å²) in [5.41, 5.74) is 7.70. The van der Waals surface area contributed by atoms with E-state index >= 15 is 0 Å². The highest BCUT2D eigenvalue weighted by atomic mass is 16.2. The topological polar surface area (TPSA) is 68.0 Å². The Labute approximate surface area is 112 Å². The molecule has 0 spiro atoms. The summed E-state index contributed by atoms with van der Waals surface area (Å²) in [6.45, 7) is 1.91. The van der Waals surface area contributed by atoms with Gasteiger partial charge in [0.2, 0.25) is 5.91 Å². The van der Waals surface area contributed by atoms with Crippen LogP contribution in [-0.2, 0) is 4.79 Å². The van der Waals surface area contributed by atoms with Gasteiger partial charge in [-0.2, -0.15) is 0 Å². The minimum Gasteiger partial charge on any atom is -0.348 e. The van der Waals surface area contributed by atoms with Crippen molar-refractivity contribution < 1.29 is 4.79 Å². The molecule has 1 aromatic carbocycles. The van der Waals surface area contributed by atoms with Gasteiger partial charge in [-0.05, 0) is 24.1 Å². The smallest absolute Gasteiger partial charge is 0.241 e. The first-order valence-electron chi connectivity index (χ1n) is 6.19. The number of pyridine rings is 1. The van der Waals surface area contributed by atoms with Gasteiger partial charge in [-0.15, -0.1) is 0 Å². The van der Waals surface area contributed by atoms with Gasteiger partial charge in [-0.3, -0.25) is 9.78 Å². The van der Waals surface area contributed by atoms with Crippen LogP contribution in [0.2, 0.25) is 0 Å². The highest BCUT2D eigenvalue weighted by Crippen LogP contribution is 2.14. The Hall–Kier alpha value is -2.20. The van der Waals surface area contributed by atoms with E-state index < -0.39 is 6.04 Å². The highest BCUT2D eigenvalue weighted by Gasteiger charge is 2.17. The van der Waals surface area contributed by atoms with Gasteiger partial charge in [0.25, 0.3) is 0 Å².